The van der Waals surface area contributed by atoms with E-state index in [1.165, 1.54) is 0 Å². The summed E-state index contributed by atoms with van der Waals surface area (Å²) < 4.78 is 0. The van der Waals surface area contributed by atoms with Crippen molar-refractivity contribution in [3.63, 3.8) is 0 Å². The SMILES string of the molecule is Cc1cccc(-c2cnc(N)c(C(=O)c3cccc(N4CCCNCC4)n3)c2)c1.[HH].[HH].[HH]. The van der Waals surface area contributed by atoms with Crippen molar-refractivity contribution in [2.24, 2.45) is 0 Å². The fourth-order valence-electron chi connectivity index (χ4n) is 3.58. The maximum absolute atomic E-state index is 13.2. The molecular weight excluding hydrogens is 362 g/mol. The molecule has 1 saturated heterocycles. The van der Waals surface area contributed by atoms with Gasteiger partial charge in [0, 0.05) is 35.7 Å². The first-order valence-corrected chi connectivity index (χ1v) is 9.92. The van der Waals surface area contributed by atoms with Crippen molar-refractivity contribution in [2.75, 3.05) is 36.8 Å². The monoisotopic (exact) mass is 393 g/mol. The fraction of sp³-hybridized carbons (Fsp3) is 0.261. The molecule has 0 unspecified atom stereocenters. The third-order valence-electron chi connectivity index (χ3n) is 5.15. The molecule has 1 aromatic carbocycles. The molecular formula is C23H31N5O. The number of nitrogen functional groups attached to an aromatic ring is 1. The predicted molar refractivity (Wildman–Crippen MR) is 123 cm³/mol. The van der Waals surface area contributed by atoms with Crippen molar-refractivity contribution in [3.05, 3.63) is 71.5 Å². The Kier molecular flexibility index (Phi) is 5.53. The summed E-state index contributed by atoms with van der Waals surface area (Å²) in [7, 11) is 0. The number of benzene rings is 1. The zero-order chi connectivity index (χ0) is 20.2. The van der Waals surface area contributed by atoms with Gasteiger partial charge in [-0.3, -0.25) is 4.79 Å². The highest BCUT2D eigenvalue weighted by molar-refractivity contribution is 6.11. The third-order valence-corrected chi connectivity index (χ3v) is 5.15. The van der Waals surface area contributed by atoms with Gasteiger partial charge in [0.05, 0.1) is 5.56 Å². The van der Waals surface area contributed by atoms with Gasteiger partial charge in [0.1, 0.15) is 17.3 Å². The molecule has 3 heterocycles. The molecule has 0 amide bonds. The van der Waals surface area contributed by atoms with Crippen LogP contribution in [0.4, 0.5) is 11.6 Å². The molecule has 3 aromatic rings. The van der Waals surface area contributed by atoms with Crippen LogP contribution < -0.4 is 16.0 Å². The first-order valence-electron chi connectivity index (χ1n) is 9.92. The van der Waals surface area contributed by atoms with Crippen molar-refractivity contribution in [1.29, 1.82) is 0 Å². The van der Waals surface area contributed by atoms with Crippen molar-refractivity contribution in [1.82, 2.24) is 15.3 Å². The number of aryl methyl sites for hydroxylation is 1. The molecule has 6 nitrogen and oxygen atoms in total. The van der Waals surface area contributed by atoms with Gasteiger partial charge in [-0.25, -0.2) is 9.97 Å². The average molecular weight is 394 g/mol. The molecule has 6 heteroatoms. The number of aromatic nitrogens is 2. The van der Waals surface area contributed by atoms with E-state index in [9.17, 15) is 4.79 Å². The molecule has 0 atom stereocenters. The number of carbonyl (C=O) groups excluding carboxylic acids is 1. The molecule has 0 aliphatic carbocycles. The van der Waals surface area contributed by atoms with Crippen molar-refractivity contribution in [3.8, 4) is 11.1 Å². The van der Waals surface area contributed by atoms with Gasteiger partial charge in [-0.1, -0.05) is 35.9 Å². The molecule has 1 fully saturated rings. The molecule has 29 heavy (non-hydrogen) atoms. The van der Waals surface area contributed by atoms with Gasteiger partial charge >= 0.3 is 0 Å². The van der Waals surface area contributed by atoms with Gasteiger partial charge in [0.15, 0.2) is 0 Å². The quantitative estimate of drug-likeness (QED) is 0.656. The number of ketones is 1. The molecule has 1 aliphatic rings. The Balaban J connectivity index is 0.00000171. The van der Waals surface area contributed by atoms with Crippen LogP contribution in [-0.4, -0.2) is 41.9 Å². The number of anilines is 2. The first kappa shape index (κ1) is 19.1. The lowest BCUT2D eigenvalue weighted by Crippen LogP contribution is -2.29. The number of rotatable bonds is 4. The highest BCUT2D eigenvalue weighted by Gasteiger charge is 2.18. The number of nitrogens with two attached hydrogens (primary N) is 1. The molecule has 0 bridgehead atoms. The second-order valence-electron chi connectivity index (χ2n) is 7.33. The van der Waals surface area contributed by atoms with E-state index >= 15 is 0 Å². The number of hydrogen-bond acceptors (Lipinski definition) is 6. The molecule has 1 aliphatic heterocycles. The summed E-state index contributed by atoms with van der Waals surface area (Å²) in [6.07, 6.45) is 2.75. The Labute approximate surface area is 175 Å². The van der Waals surface area contributed by atoms with Crippen LogP contribution in [0.2, 0.25) is 0 Å². The van der Waals surface area contributed by atoms with E-state index < -0.39 is 0 Å². The summed E-state index contributed by atoms with van der Waals surface area (Å²) in [4.78, 5) is 24.3. The van der Waals surface area contributed by atoms with Crippen LogP contribution in [0.25, 0.3) is 11.1 Å². The minimum Gasteiger partial charge on any atom is -0.383 e. The highest BCUT2D eigenvalue weighted by Crippen LogP contribution is 2.25. The Morgan fingerprint density at radius 3 is 2.83 bits per heavy atom. The molecule has 2 aromatic heterocycles. The summed E-state index contributed by atoms with van der Waals surface area (Å²) in [6.45, 7) is 5.74. The zero-order valence-electron chi connectivity index (χ0n) is 16.6. The Bertz CT molecular complexity index is 1040. The Morgan fingerprint density at radius 1 is 1.10 bits per heavy atom. The van der Waals surface area contributed by atoms with Crippen LogP contribution in [0.1, 0.15) is 32.3 Å². The van der Waals surface area contributed by atoms with Gasteiger partial charge in [0.2, 0.25) is 5.78 Å². The lowest BCUT2D eigenvalue weighted by atomic mass is 10.0. The predicted octanol–water partition coefficient (Wildman–Crippen LogP) is 3.80. The van der Waals surface area contributed by atoms with Crippen LogP contribution >= 0.6 is 0 Å². The summed E-state index contributed by atoms with van der Waals surface area (Å²) in [6, 6.07) is 15.5. The van der Waals surface area contributed by atoms with E-state index in [0.29, 0.717) is 11.3 Å². The van der Waals surface area contributed by atoms with E-state index in [0.717, 1.165) is 55.1 Å². The van der Waals surface area contributed by atoms with Crippen LogP contribution in [-0.2, 0) is 0 Å². The summed E-state index contributed by atoms with van der Waals surface area (Å²) in [5.74, 6) is 0.831. The zero-order valence-corrected chi connectivity index (χ0v) is 16.6. The van der Waals surface area contributed by atoms with E-state index in [1.807, 2.05) is 43.3 Å². The molecule has 0 radical (unpaired) electrons. The molecule has 3 N–H and O–H groups in total. The van der Waals surface area contributed by atoms with Gasteiger partial charge in [-0.2, -0.15) is 0 Å². The third kappa shape index (κ3) is 4.27. The first-order chi connectivity index (χ1) is 14.1. The summed E-state index contributed by atoms with van der Waals surface area (Å²) in [5.41, 5.74) is 9.84. The lowest BCUT2D eigenvalue weighted by Gasteiger charge is -2.21. The number of carbonyl (C=O) groups is 1. The second kappa shape index (κ2) is 8.41. The molecule has 0 saturated carbocycles. The van der Waals surface area contributed by atoms with Crippen molar-refractivity contribution < 1.29 is 9.07 Å². The van der Waals surface area contributed by atoms with Crippen molar-refractivity contribution >= 4 is 17.4 Å². The second-order valence-corrected chi connectivity index (χ2v) is 7.33. The van der Waals surface area contributed by atoms with Gasteiger partial charge in [-0.15, -0.1) is 0 Å². The molecule has 0 spiro atoms. The van der Waals surface area contributed by atoms with E-state index in [1.54, 1.807) is 12.3 Å². The Morgan fingerprint density at radius 2 is 1.97 bits per heavy atom. The smallest absolute Gasteiger partial charge is 0.215 e. The lowest BCUT2D eigenvalue weighted by molar-refractivity contribution is 0.103. The van der Waals surface area contributed by atoms with E-state index in [-0.39, 0.29) is 15.9 Å². The summed E-state index contributed by atoms with van der Waals surface area (Å²) in [5, 5.41) is 3.38. The van der Waals surface area contributed by atoms with Gasteiger partial charge in [-0.05, 0) is 43.7 Å². The summed E-state index contributed by atoms with van der Waals surface area (Å²) >= 11 is 0. The van der Waals surface area contributed by atoms with Gasteiger partial charge < -0.3 is 16.0 Å². The fourth-order valence-corrected chi connectivity index (χ4v) is 3.58. The number of hydrogen-bond donors (Lipinski definition) is 2. The van der Waals surface area contributed by atoms with E-state index in [2.05, 4.69) is 26.3 Å². The average Bonchev–Trinajstić information content (AvgIpc) is 3.03. The maximum Gasteiger partial charge on any atom is 0.215 e. The number of pyridine rings is 2. The van der Waals surface area contributed by atoms with E-state index in [4.69, 9.17) is 5.73 Å². The molecule has 154 valence electrons. The maximum atomic E-state index is 13.2. The minimum atomic E-state index is -0.209. The normalized spacial score (nSPS) is 14.4. The van der Waals surface area contributed by atoms with Crippen LogP contribution in [0.15, 0.2) is 54.7 Å². The molecule has 4 rings (SSSR count). The van der Waals surface area contributed by atoms with Crippen LogP contribution in [0.5, 0.6) is 0 Å². The minimum absolute atomic E-state index is 0. The standard InChI is InChI=1S/C23H25N5O.3H2/c1-16-5-2-6-17(13-16)18-14-19(23(24)26-15-18)22(29)20-7-3-8-21(27-20)28-11-4-9-25-10-12-28;;;/h2-3,5-8,13-15,25H,4,9-12H2,1H3,(H2,24,26);3*1H. The van der Waals surface area contributed by atoms with Crippen LogP contribution in [0.3, 0.4) is 0 Å². The number of nitrogens with one attached hydrogen (secondary N) is 1. The van der Waals surface area contributed by atoms with Crippen LogP contribution in [0, 0.1) is 6.92 Å². The number of nitrogens with zero attached hydrogens (tertiary/aromatic N) is 3. The Hall–Kier alpha value is -3.25. The topological polar surface area (TPSA) is 84.1 Å². The van der Waals surface area contributed by atoms with Gasteiger partial charge in [0.25, 0.3) is 0 Å². The highest BCUT2D eigenvalue weighted by atomic mass is 16.1. The van der Waals surface area contributed by atoms with Crippen molar-refractivity contribution in [2.45, 2.75) is 13.3 Å². The largest absolute Gasteiger partial charge is 0.383 e.